The summed E-state index contributed by atoms with van der Waals surface area (Å²) in [5, 5.41) is 3.24. The Morgan fingerprint density at radius 2 is 1.65 bits per heavy atom. The van der Waals surface area contributed by atoms with Gasteiger partial charge in [-0.15, -0.1) is 0 Å². The van der Waals surface area contributed by atoms with Crippen molar-refractivity contribution in [1.29, 1.82) is 0 Å². The quantitative estimate of drug-likeness (QED) is 0.555. The number of rotatable bonds is 3. The average Bonchev–Trinajstić information content (AvgIpc) is 2.34. The summed E-state index contributed by atoms with van der Waals surface area (Å²) in [6, 6.07) is 9.86. The molecule has 0 saturated carbocycles. The van der Waals surface area contributed by atoms with Crippen molar-refractivity contribution in [3.05, 3.63) is 41.7 Å². The predicted molar refractivity (Wildman–Crippen MR) is 69.0 cm³/mol. The van der Waals surface area contributed by atoms with Crippen LogP contribution >= 0.6 is 0 Å². The van der Waals surface area contributed by atoms with E-state index >= 15 is 0 Å². The second-order valence-corrected chi connectivity index (χ2v) is 3.73. The van der Waals surface area contributed by atoms with Crippen LogP contribution in [0.1, 0.15) is 11.4 Å². The van der Waals surface area contributed by atoms with Crippen molar-refractivity contribution in [3.63, 3.8) is 0 Å². The molecule has 0 spiro atoms. The number of benzene rings is 1. The summed E-state index contributed by atoms with van der Waals surface area (Å²) < 4.78 is 0. The number of aryl methyl sites for hydroxylation is 1. The largest absolute Gasteiger partial charge is 0.340 e. The van der Waals surface area contributed by atoms with Crippen molar-refractivity contribution < 1.29 is 0 Å². The van der Waals surface area contributed by atoms with Crippen LogP contribution in [0.2, 0.25) is 0 Å². The molecule has 0 aliphatic carbocycles. The highest BCUT2D eigenvalue weighted by atomic mass is 15.3. The lowest BCUT2D eigenvalue weighted by atomic mass is 10.2. The number of nitrogen functional groups attached to an aromatic ring is 1. The molecule has 0 amide bonds. The third kappa shape index (κ3) is 2.51. The van der Waals surface area contributed by atoms with Crippen molar-refractivity contribution in [2.24, 2.45) is 5.84 Å². The van der Waals surface area contributed by atoms with Crippen molar-refractivity contribution in [2.45, 2.75) is 13.8 Å². The molecule has 2 rings (SSSR count). The van der Waals surface area contributed by atoms with Gasteiger partial charge < -0.3 is 10.7 Å². The Labute approximate surface area is 100 Å². The molecule has 4 N–H and O–H groups in total. The van der Waals surface area contributed by atoms with Gasteiger partial charge in [-0.05, 0) is 26.0 Å². The van der Waals surface area contributed by atoms with E-state index in [1.54, 1.807) is 0 Å². The minimum Gasteiger partial charge on any atom is -0.340 e. The smallest absolute Gasteiger partial charge is 0.148 e. The molecule has 0 aliphatic heterocycles. The van der Waals surface area contributed by atoms with Crippen molar-refractivity contribution in [2.75, 3.05) is 10.7 Å². The van der Waals surface area contributed by atoms with Crippen LogP contribution in [-0.2, 0) is 0 Å². The third-order valence-corrected chi connectivity index (χ3v) is 2.43. The van der Waals surface area contributed by atoms with E-state index in [1.807, 2.05) is 44.2 Å². The van der Waals surface area contributed by atoms with E-state index < -0.39 is 0 Å². The zero-order chi connectivity index (χ0) is 12.3. The van der Waals surface area contributed by atoms with Crippen LogP contribution in [0, 0.1) is 13.8 Å². The number of hydrogen-bond acceptors (Lipinski definition) is 5. The van der Waals surface area contributed by atoms with Crippen LogP contribution < -0.4 is 16.6 Å². The third-order valence-electron chi connectivity index (χ3n) is 2.43. The monoisotopic (exact) mass is 229 g/mol. The molecule has 5 heteroatoms. The molecule has 1 aromatic carbocycles. The fraction of sp³-hybridized carbons (Fsp3) is 0.167. The first-order valence-corrected chi connectivity index (χ1v) is 5.34. The summed E-state index contributed by atoms with van der Waals surface area (Å²) in [6.07, 6.45) is 0. The number of para-hydroxylation sites is 1. The topological polar surface area (TPSA) is 75.9 Å². The van der Waals surface area contributed by atoms with Gasteiger partial charge in [-0.1, -0.05) is 18.2 Å². The molecule has 5 nitrogen and oxygen atoms in total. The van der Waals surface area contributed by atoms with Crippen LogP contribution in [0.25, 0.3) is 0 Å². The molecular weight excluding hydrogens is 214 g/mol. The van der Waals surface area contributed by atoms with Gasteiger partial charge in [-0.2, -0.15) is 0 Å². The van der Waals surface area contributed by atoms with Gasteiger partial charge in [0, 0.05) is 11.3 Å². The van der Waals surface area contributed by atoms with Crippen LogP contribution in [0.15, 0.2) is 30.3 Å². The average molecular weight is 229 g/mol. The SMILES string of the molecule is Cc1nc(NN)c(C)c(Nc2ccccc2)n1. The maximum absolute atomic E-state index is 5.41. The zero-order valence-corrected chi connectivity index (χ0v) is 9.86. The van der Waals surface area contributed by atoms with E-state index in [0.29, 0.717) is 11.6 Å². The van der Waals surface area contributed by atoms with Crippen LogP contribution in [-0.4, -0.2) is 9.97 Å². The Hall–Kier alpha value is -2.14. The molecule has 0 atom stereocenters. The van der Waals surface area contributed by atoms with E-state index in [1.165, 1.54) is 0 Å². The van der Waals surface area contributed by atoms with Gasteiger partial charge in [0.05, 0.1) is 0 Å². The van der Waals surface area contributed by atoms with Crippen molar-refractivity contribution >= 4 is 17.3 Å². The van der Waals surface area contributed by atoms with Crippen LogP contribution in [0.3, 0.4) is 0 Å². The molecule has 0 aliphatic rings. The number of hydrogen-bond donors (Lipinski definition) is 3. The van der Waals surface area contributed by atoms with E-state index in [0.717, 1.165) is 17.1 Å². The second kappa shape index (κ2) is 4.80. The first-order chi connectivity index (χ1) is 8.20. The maximum Gasteiger partial charge on any atom is 0.148 e. The molecule has 0 unspecified atom stereocenters. The number of hydrazine groups is 1. The Morgan fingerprint density at radius 3 is 2.29 bits per heavy atom. The predicted octanol–water partition coefficient (Wildman–Crippen LogP) is 2.12. The van der Waals surface area contributed by atoms with Gasteiger partial charge >= 0.3 is 0 Å². The summed E-state index contributed by atoms with van der Waals surface area (Å²) in [5.41, 5.74) is 4.44. The lowest BCUT2D eigenvalue weighted by Gasteiger charge is -2.12. The van der Waals surface area contributed by atoms with E-state index in [2.05, 4.69) is 20.7 Å². The molecule has 0 bridgehead atoms. The number of nitrogens with zero attached hydrogens (tertiary/aromatic N) is 2. The first kappa shape index (κ1) is 11.3. The number of anilines is 3. The normalized spacial score (nSPS) is 10.1. The van der Waals surface area contributed by atoms with Crippen molar-refractivity contribution in [1.82, 2.24) is 9.97 Å². The van der Waals surface area contributed by atoms with Crippen molar-refractivity contribution in [3.8, 4) is 0 Å². The van der Waals surface area contributed by atoms with Gasteiger partial charge in [-0.3, -0.25) is 0 Å². The zero-order valence-electron chi connectivity index (χ0n) is 9.86. The number of nitrogens with two attached hydrogens (primary N) is 1. The summed E-state index contributed by atoms with van der Waals surface area (Å²) in [5.74, 6) is 7.48. The minimum atomic E-state index is 0.635. The molecule has 0 fully saturated rings. The van der Waals surface area contributed by atoms with Gasteiger partial charge in [-0.25, -0.2) is 15.8 Å². The highest BCUT2D eigenvalue weighted by Crippen LogP contribution is 2.22. The molecule has 1 heterocycles. The van der Waals surface area contributed by atoms with Gasteiger partial charge in [0.25, 0.3) is 0 Å². The molecule has 0 saturated heterocycles. The highest BCUT2D eigenvalue weighted by molar-refractivity contribution is 5.64. The second-order valence-electron chi connectivity index (χ2n) is 3.73. The van der Waals surface area contributed by atoms with Crippen LogP contribution in [0.4, 0.5) is 17.3 Å². The molecule has 2 aromatic rings. The Morgan fingerprint density at radius 1 is 1.00 bits per heavy atom. The van der Waals surface area contributed by atoms with E-state index in [-0.39, 0.29) is 0 Å². The fourth-order valence-corrected chi connectivity index (χ4v) is 1.55. The molecule has 88 valence electrons. The van der Waals surface area contributed by atoms with E-state index in [4.69, 9.17) is 5.84 Å². The van der Waals surface area contributed by atoms with Gasteiger partial charge in [0.1, 0.15) is 17.5 Å². The summed E-state index contributed by atoms with van der Waals surface area (Å²) in [7, 11) is 0. The summed E-state index contributed by atoms with van der Waals surface area (Å²) in [6.45, 7) is 3.75. The fourth-order valence-electron chi connectivity index (χ4n) is 1.55. The first-order valence-electron chi connectivity index (χ1n) is 5.34. The highest BCUT2D eigenvalue weighted by Gasteiger charge is 2.08. The van der Waals surface area contributed by atoms with Gasteiger partial charge in [0.2, 0.25) is 0 Å². The van der Waals surface area contributed by atoms with Gasteiger partial charge in [0.15, 0.2) is 0 Å². The lowest BCUT2D eigenvalue weighted by Crippen LogP contribution is -2.13. The molecule has 0 radical (unpaired) electrons. The molecular formula is C12H15N5. The molecule has 17 heavy (non-hydrogen) atoms. The lowest BCUT2D eigenvalue weighted by molar-refractivity contribution is 1.03. The Balaban J connectivity index is 2.36. The van der Waals surface area contributed by atoms with E-state index in [9.17, 15) is 0 Å². The summed E-state index contributed by atoms with van der Waals surface area (Å²) in [4.78, 5) is 8.57. The Kier molecular flexibility index (Phi) is 3.20. The molecule has 1 aromatic heterocycles. The Bertz CT molecular complexity index is 510. The summed E-state index contributed by atoms with van der Waals surface area (Å²) >= 11 is 0. The van der Waals surface area contributed by atoms with Crippen LogP contribution in [0.5, 0.6) is 0 Å². The number of aromatic nitrogens is 2. The number of nitrogens with one attached hydrogen (secondary N) is 2. The maximum atomic E-state index is 5.41. The standard InChI is InChI=1S/C12H15N5/c1-8-11(14-9(2)15-12(8)17-13)16-10-6-4-3-5-7-10/h3-7H,13H2,1-2H3,(H2,14,15,16,17). The minimum absolute atomic E-state index is 0.635.